The van der Waals surface area contributed by atoms with Crippen LogP contribution in [0.4, 0.5) is 5.13 Å². The van der Waals surface area contributed by atoms with Crippen LogP contribution in [0.2, 0.25) is 4.34 Å². The number of hydrogen-bond acceptors (Lipinski definition) is 7. The maximum atomic E-state index is 14.1. The molecule has 0 spiro atoms. The number of carbonyl (C=O) groups is 1. The first-order valence-electron chi connectivity index (χ1n) is 11.6. The van der Waals surface area contributed by atoms with Gasteiger partial charge in [-0.1, -0.05) is 59.1 Å². The summed E-state index contributed by atoms with van der Waals surface area (Å²) in [5.41, 5.74) is 0.815. The third-order valence-corrected chi connectivity index (χ3v) is 11.4. The summed E-state index contributed by atoms with van der Waals surface area (Å²) in [6.07, 6.45) is 2.00. The molecule has 35 heavy (non-hydrogen) atoms. The fourth-order valence-corrected chi connectivity index (χ4v) is 9.07. The largest absolute Gasteiger partial charge is 0.302 e. The highest BCUT2D eigenvalue weighted by Crippen LogP contribution is 2.35. The molecule has 4 rings (SSSR count). The summed E-state index contributed by atoms with van der Waals surface area (Å²) < 4.78 is 30.8. The van der Waals surface area contributed by atoms with Gasteiger partial charge in [0.2, 0.25) is 5.91 Å². The van der Waals surface area contributed by atoms with Crippen molar-refractivity contribution in [2.75, 3.05) is 37.6 Å². The number of thiazole rings is 1. The van der Waals surface area contributed by atoms with E-state index < -0.39 is 16.1 Å². The summed E-state index contributed by atoms with van der Waals surface area (Å²) in [4.78, 5) is 22.7. The van der Waals surface area contributed by atoms with Crippen LogP contribution >= 0.6 is 50.2 Å². The first-order chi connectivity index (χ1) is 16.7. The van der Waals surface area contributed by atoms with Gasteiger partial charge in [0.05, 0.1) is 14.6 Å². The summed E-state index contributed by atoms with van der Waals surface area (Å²) in [6.45, 7) is 7.35. The predicted molar refractivity (Wildman–Crippen MR) is 148 cm³/mol. The molecule has 0 N–H and O–H groups in total. The normalized spacial score (nSPS) is 17.3. The Hall–Kier alpha value is -1.08. The Morgan fingerprint density at radius 3 is 2.63 bits per heavy atom. The molecule has 1 unspecified atom stereocenters. The Balaban J connectivity index is 1.69. The fourth-order valence-electron chi connectivity index (χ4n) is 4.25. The van der Waals surface area contributed by atoms with E-state index >= 15 is 0 Å². The predicted octanol–water partition coefficient (Wildman–Crippen LogP) is 5.69. The van der Waals surface area contributed by atoms with Gasteiger partial charge in [0.15, 0.2) is 5.13 Å². The number of carbonyl (C=O) groups excluding carboxylic acids is 1. The number of anilines is 1. The van der Waals surface area contributed by atoms with Gasteiger partial charge in [-0.25, -0.2) is 13.4 Å². The van der Waals surface area contributed by atoms with Gasteiger partial charge in [0.1, 0.15) is 10.3 Å². The van der Waals surface area contributed by atoms with Crippen LogP contribution in [-0.4, -0.2) is 67.3 Å². The molecule has 1 fully saturated rings. The van der Waals surface area contributed by atoms with E-state index in [1.54, 1.807) is 11.0 Å². The van der Waals surface area contributed by atoms with E-state index in [9.17, 15) is 13.2 Å². The number of sulfonamides is 1. The number of aromatic nitrogens is 1. The standard InChI is InChI=1S/C23H28BrClN4O3S3/c1-3-27(4-2)13-14-28(23-26-17-9-8-16(24)15-19(17)33-23)22(30)18-7-5-6-12-29(18)35(31,32)21-11-10-20(25)34-21/h8-11,15,18H,3-7,12-14H2,1-2H3. The fraction of sp³-hybridized carbons (Fsp3) is 0.478. The smallest absolute Gasteiger partial charge is 0.253 e. The van der Waals surface area contributed by atoms with Crippen LogP contribution in [0.1, 0.15) is 33.1 Å². The van der Waals surface area contributed by atoms with Crippen molar-refractivity contribution in [3.63, 3.8) is 0 Å². The molecule has 1 amide bonds. The zero-order chi connectivity index (χ0) is 25.2. The van der Waals surface area contributed by atoms with Crippen LogP contribution in [-0.2, 0) is 14.8 Å². The number of hydrogen-bond donors (Lipinski definition) is 0. The lowest BCUT2D eigenvalue weighted by atomic mass is 10.0. The van der Waals surface area contributed by atoms with Crippen LogP contribution in [0, 0.1) is 0 Å². The van der Waals surface area contributed by atoms with Crippen molar-refractivity contribution < 1.29 is 13.2 Å². The second kappa shape index (κ2) is 11.5. The van der Waals surface area contributed by atoms with Crippen LogP contribution in [0.3, 0.4) is 0 Å². The summed E-state index contributed by atoms with van der Waals surface area (Å²) in [6, 6.07) is 8.16. The molecule has 190 valence electrons. The maximum Gasteiger partial charge on any atom is 0.253 e. The Morgan fingerprint density at radius 2 is 1.94 bits per heavy atom. The van der Waals surface area contributed by atoms with E-state index in [4.69, 9.17) is 16.6 Å². The molecule has 1 aliphatic heterocycles. The minimum absolute atomic E-state index is 0.168. The molecule has 12 heteroatoms. The molecule has 1 saturated heterocycles. The van der Waals surface area contributed by atoms with Crippen LogP contribution in [0.25, 0.3) is 10.2 Å². The Bertz CT molecular complexity index is 1290. The quantitative estimate of drug-likeness (QED) is 0.308. The molecule has 7 nitrogen and oxygen atoms in total. The lowest BCUT2D eigenvalue weighted by Gasteiger charge is -2.36. The average Bonchev–Trinajstić information content (AvgIpc) is 3.47. The molecule has 2 aromatic heterocycles. The molecular weight excluding hydrogens is 592 g/mol. The van der Waals surface area contributed by atoms with Crippen molar-refractivity contribution in [1.29, 1.82) is 0 Å². The third kappa shape index (κ3) is 5.92. The van der Waals surface area contributed by atoms with Crippen LogP contribution < -0.4 is 4.90 Å². The second-order valence-corrected chi connectivity index (χ2v) is 14.1. The number of likely N-dealkylation sites (N-methyl/N-ethyl adjacent to an activating group) is 1. The van der Waals surface area contributed by atoms with Gasteiger partial charge in [-0.2, -0.15) is 4.31 Å². The molecule has 0 aliphatic carbocycles. The molecule has 0 radical (unpaired) electrons. The minimum atomic E-state index is -3.84. The van der Waals surface area contributed by atoms with Crippen molar-refractivity contribution in [1.82, 2.24) is 14.2 Å². The monoisotopic (exact) mass is 618 g/mol. The molecule has 1 atom stereocenters. The summed E-state index contributed by atoms with van der Waals surface area (Å²) in [5.74, 6) is -0.221. The molecule has 0 bridgehead atoms. The SMILES string of the molecule is CCN(CC)CCN(C(=O)C1CCCCN1S(=O)(=O)c1ccc(Cl)s1)c1nc2ccc(Br)cc2s1. The molecular formula is C23H28BrClN4O3S3. The van der Waals surface area contributed by atoms with E-state index in [0.29, 0.717) is 35.5 Å². The summed E-state index contributed by atoms with van der Waals surface area (Å²) in [5, 5.41) is 0.595. The highest BCUT2D eigenvalue weighted by Gasteiger charge is 2.41. The first-order valence-corrected chi connectivity index (χ1v) is 15.9. The van der Waals surface area contributed by atoms with Gasteiger partial charge in [-0.3, -0.25) is 9.69 Å². The van der Waals surface area contributed by atoms with E-state index in [2.05, 4.69) is 34.7 Å². The number of amides is 1. The molecule has 0 saturated carbocycles. The van der Waals surface area contributed by atoms with Gasteiger partial charge in [0, 0.05) is 24.1 Å². The Morgan fingerprint density at radius 1 is 1.17 bits per heavy atom. The third-order valence-electron chi connectivity index (χ3n) is 6.22. The van der Waals surface area contributed by atoms with Crippen molar-refractivity contribution in [3.05, 3.63) is 39.1 Å². The van der Waals surface area contributed by atoms with Gasteiger partial charge < -0.3 is 4.90 Å². The topological polar surface area (TPSA) is 73.8 Å². The van der Waals surface area contributed by atoms with Gasteiger partial charge in [-0.15, -0.1) is 11.3 Å². The maximum absolute atomic E-state index is 14.1. The van der Waals surface area contributed by atoms with Gasteiger partial charge in [0.25, 0.3) is 10.0 Å². The van der Waals surface area contributed by atoms with Crippen LogP contribution in [0.5, 0.6) is 0 Å². The zero-order valence-electron chi connectivity index (χ0n) is 19.6. The number of thiophene rings is 1. The lowest BCUT2D eigenvalue weighted by Crippen LogP contribution is -2.54. The number of nitrogens with zero attached hydrogens (tertiary/aromatic N) is 4. The Labute approximate surface area is 227 Å². The number of piperidine rings is 1. The minimum Gasteiger partial charge on any atom is -0.302 e. The highest BCUT2D eigenvalue weighted by atomic mass is 79.9. The Kier molecular flexibility index (Phi) is 8.89. The van der Waals surface area contributed by atoms with Crippen molar-refractivity contribution in [3.8, 4) is 0 Å². The summed E-state index contributed by atoms with van der Waals surface area (Å²) in [7, 11) is -3.84. The van der Waals surface area contributed by atoms with Crippen molar-refractivity contribution in [2.24, 2.45) is 0 Å². The zero-order valence-corrected chi connectivity index (χ0v) is 24.4. The molecule has 1 aromatic carbocycles. The van der Waals surface area contributed by atoms with Crippen molar-refractivity contribution in [2.45, 2.75) is 43.4 Å². The van der Waals surface area contributed by atoms with E-state index in [-0.39, 0.29) is 10.1 Å². The van der Waals surface area contributed by atoms with Crippen molar-refractivity contribution >= 4 is 81.5 Å². The second-order valence-electron chi connectivity index (χ2n) is 8.31. The number of rotatable bonds is 9. The molecule has 1 aliphatic rings. The number of halogens is 2. The van der Waals surface area contributed by atoms with Crippen LogP contribution in [0.15, 0.2) is 39.0 Å². The van der Waals surface area contributed by atoms with E-state index in [1.807, 2.05) is 18.2 Å². The summed E-state index contributed by atoms with van der Waals surface area (Å²) >= 11 is 12.0. The van der Waals surface area contributed by atoms with Gasteiger partial charge >= 0.3 is 0 Å². The van der Waals surface area contributed by atoms with Gasteiger partial charge in [-0.05, 0) is 56.3 Å². The first kappa shape index (κ1) is 27.0. The molecule has 3 heterocycles. The number of fused-ring (bicyclic) bond motifs is 1. The average molecular weight is 620 g/mol. The molecule has 3 aromatic rings. The number of benzene rings is 1. The highest BCUT2D eigenvalue weighted by molar-refractivity contribution is 9.10. The van der Waals surface area contributed by atoms with E-state index in [1.165, 1.54) is 21.7 Å². The van der Waals surface area contributed by atoms with E-state index in [0.717, 1.165) is 52.0 Å². The lowest BCUT2D eigenvalue weighted by molar-refractivity contribution is -0.123.